The van der Waals surface area contributed by atoms with Gasteiger partial charge in [-0.1, -0.05) is 52.3 Å². The van der Waals surface area contributed by atoms with Crippen molar-refractivity contribution in [3.8, 4) is 5.75 Å². The molecule has 0 aromatic heterocycles. The first kappa shape index (κ1) is 59.8. The van der Waals surface area contributed by atoms with E-state index in [2.05, 4.69) is 5.32 Å². The number of hydrogen-bond donors (Lipinski definition) is 3. The summed E-state index contributed by atoms with van der Waals surface area (Å²) >= 11 is 0. The van der Waals surface area contributed by atoms with Gasteiger partial charge in [-0.15, -0.1) is 5.06 Å². The molecule has 2 unspecified atom stereocenters. The molecule has 7 atom stereocenters. The first-order valence-electron chi connectivity index (χ1n) is 24.0. The number of methoxy groups -OCH3 is 4. The molecule has 3 N–H and O–H groups in total. The van der Waals surface area contributed by atoms with E-state index >= 15 is 0 Å². The molecule has 2 saturated heterocycles. The zero-order valence-corrected chi connectivity index (χ0v) is 45.1. The van der Waals surface area contributed by atoms with Crippen LogP contribution in [0.1, 0.15) is 103 Å². The maximum atomic E-state index is 14.4. The number of fused-ring (bicyclic) bond motifs is 4. The lowest BCUT2D eigenvalue weighted by Gasteiger charge is -2.42. The van der Waals surface area contributed by atoms with E-state index in [0.29, 0.717) is 40.7 Å². The standard InChI is InChI=1S/C50H74N4O16S2/c1-31-14-12-15-39(67-11)50(63)28-38(68-47(61)51-50)32(2)19-21-48(5,62)40(27-44(58)53(7)36-25-35(24-31)26-37(66-10)33(36)3)69-46(60)34(4)52(6)41(55)20-22-49(29-64-8,30-65-9)72-71-23-13-16-45(59)70-54-42(56)17-18-43(54)57/h12,14-15,25-26,32,34,38-40,62-63H,13,16-24,27-30H2,1-11H3,(H,51,61)/b15-12+,31-14+/t32?,34-,38?,39+,40-,48+,50-/m0/s1. The fourth-order valence-corrected chi connectivity index (χ4v) is 11.6. The van der Waals surface area contributed by atoms with Gasteiger partial charge in [0.2, 0.25) is 11.8 Å². The number of imide groups is 1. The molecule has 22 heteroatoms. The number of alkyl carbamates (subject to hydrolysis) is 1. The van der Waals surface area contributed by atoms with Crippen LogP contribution in [0.5, 0.6) is 5.75 Å². The van der Waals surface area contributed by atoms with Gasteiger partial charge < -0.3 is 53.3 Å². The molecule has 3 heterocycles. The Morgan fingerprint density at radius 2 is 1.68 bits per heavy atom. The summed E-state index contributed by atoms with van der Waals surface area (Å²) < 4.78 is 33.5. The van der Waals surface area contributed by atoms with Crippen LogP contribution in [0.25, 0.3) is 0 Å². The Labute approximate surface area is 430 Å². The maximum Gasteiger partial charge on any atom is 0.409 e. The molecule has 3 aliphatic heterocycles. The third kappa shape index (κ3) is 16.1. The second kappa shape index (κ2) is 27.0. The number of nitrogens with zero attached hydrogens (tertiary/aromatic N) is 3. The molecule has 72 heavy (non-hydrogen) atoms. The van der Waals surface area contributed by atoms with Crippen LogP contribution in [0, 0.1) is 12.8 Å². The fraction of sp³-hybridized carbons (Fsp3) is 0.660. The van der Waals surface area contributed by atoms with Gasteiger partial charge in [-0.25, -0.2) is 14.4 Å². The zero-order chi connectivity index (χ0) is 53.6. The summed E-state index contributed by atoms with van der Waals surface area (Å²) in [5.41, 5.74) is -0.723. The van der Waals surface area contributed by atoms with Gasteiger partial charge in [0.1, 0.15) is 30.1 Å². The second-order valence-electron chi connectivity index (χ2n) is 19.1. The number of ether oxygens (including phenoxy) is 6. The predicted molar refractivity (Wildman–Crippen MR) is 269 cm³/mol. The summed E-state index contributed by atoms with van der Waals surface area (Å²) in [6, 6.07) is 2.58. The topological polar surface area (TPSA) is 246 Å². The molecule has 1 aromatic rings. The molecular weight excluding hydrogens is 977 g/mol. The molecule has 2 fully saturated rings. The van der Waals surface area contributed by atoms with Crippen LogP contribution in [0.3, 0.4) is 0 Å². The third-order valence-electron chi connectivity index (χ3n) is 13.3. The number of benzene rings is 1. The Morgan fingerprint density at radius 3 is 2.31 bits per heavy atom. The predicted octanol–water partition coefficient (Wildman–Crippen LogP) is 5.12. The molecule has 3 aliphatic rings. The summed E-state index contributed by atoms with van der Waals surface area (Å²) in [6.45, 7) is 8.90. The van der Waals surface area contributed by atoms with E-state index in [1.54, 1.807) is 26.1 Å². The summed E-state index contributed by atoms with van der Waals surface area (Å²) in [5, 5.41) is 27.1. The van der Waals surface area contributed by atoms with Crippen molar-refractivity contribution in [1.29, 1.82) is 0 Å². The summed E-state index contributed by atoms with van der Waals surface area (Å²) in [6.07, 6.45) is 1.92. The average Bonchev–Trinajstić information content (AvgIpc) is 3.64. The Bertz CT molecular complexity index is 2150. The number of nitrogens with one attached hydrogen (secondary N) is 1. The lowest BCUT2D eigenvalue weighted by molar-refractivity contribution is -0.197. The third-order valence-corrected chi connectivity index (χ3v) is 16.6. The van der Waals surface area contributed by atoms with Crippen molar-refractivity contribution in [1.82, 2.24) is 15.3 Å². The zero-order valence-electron chi connectivity index (χ0n) is 43.4. The monoisotopic (exact) mass is 1050 g/mol. The Kier molecular flexibility index (Phi) is 22.4. The van der Waals surface area contributed by atoms with Crippen molar-refractivity contribution in [2.75, 3.05) is 66.4 Å². The van der Waals surface area contributed by atoms with Crippen molar-refractivity contribution in [3.63, 3.8) is 0 Å². The van der Waals surface area contributed by atoms with Gasteiger partial charge in [-0.3, -0.25) is 24.5 Å². The van der Waals surface area contributed by atoms with Crippen LogP contribution >= 0.6 is 21.6 Å². The highest BCUT2D eigenvalue weighted by molar-refractivity contribution is 8.77. The maximum absolute atomic E-state index is 14.4. The number of carbonyl (C=O) groups is 7. The Hall–Kier alpha value is -4.71. The molecule has 402 valence electrons. The van der Waals surface area contributed by atoms with Gasteiger partial charge in [-0.05, 0) is 83.4 Å². The van der Waals surface area contributed by atoms with Crippen LogP contribution in [0.2, 0.25) is 0 Å². The van der Waals surface area contributed by atoms with Crippen molar-refractivity contribution in [2.24, 2.45) is 5.92 Å². The fourth-order valence-electron chi connectivity index (χ4n) is 8.63. The van der Waals surface area contributed by atoms with Crippen LogP contribution in [0.4, 0.5) is 10.5 Å². The number of likely N-dealkylation sites (N-methyl/N-ethyl adjacent to an activating group) is 1. The Balaban J connectivity index is 1.53. The SMILES string of the molecule is COCC(CCC(=O)N(C)[C@@H](C)C(=O)O[C@H]1CC(=O)N(C)c2cc(cc(OC)c2C)C/C(C)=C/C=C/[C@@H](OC)[C@@]2(O)CC(OC(=O)N2)C(C)CC[C@@]1(C)O)(COC)SSCCCC(=O)ON1C(=O)CCC1=O. The van der Waals surface area contributed by atoms with Crippen LogP contribution in [-0.2, 0) is 63.7 Å². The second-order valence-corrected chi connectivity index (χ2v) is 22.0. The minimum atomic E-state index is -1.84. The highest BCUT2D eigenvalue weighted by atomic mass is 33.1. The molecule has 20 nitrogen and oxygen atoms in total. The molecule has 4 rings (SSSR count). The largest absolute Gasteiger partial charge is 0.496 e. The van der Waals surface area contributed by atoms with E-state index < -0.39 is 94.4 Å². The van der Waals surface area contributed by atoms with Crippen molar-refractivity contribution < 1.29 is 77.0 Å². The molecule has 0 spiro atoms. The van der Waals surface area contributed by atoms with Crippen LogP contribution in [-0.4, -0.2) is 164 Å². The van der Waals surface area contributed by atoms with Gasteiger partial charge in [0.25, 0.3) is 11.8 Å². The summed E-state index contributed by atoms with van der Waals surface area (Å²) in [5.74, 6) is -2.98. The van der Waals surface area contributed by atoms with Crippen LogP contribution < -0.4 is 15.0 Å². The molecule has 0 saturated carbocycles. The number of rotatable bonds is 19. The number of carbonyl (C=O) groups excluding carboxylic acids is 7. The van der Waals surface area contributed by atoms with E-state index in [-0.39, 0.29) is 64.6 Å². The highest BCUT2D eigenvalue weighted by Crippen LogP contribution is 2.41. The normalized spacial score (nSPS) is 26.2. The summed E-state index contributed by atoms with van der Waals surface area (Å²) in [4.78, 5) is 98.9. The number of hydrogen-bond acceptors (Lipinski definition) is 18. The minimum absolute atomic E-state index is 0.00128. The van der Waals surface area contributed by atoms with Gasteiger partial charge in [0.15, 0.2) is 5.72 Å². The van der Waals surface area contributed by atoms with Crippen molar-refractivity contribution in [2.45, 2.75) is 146 Å². The molecule has 4 bridgehead atoms. The number of aliphatic hydroxyl groups is 2. The van der Waals surface area contributed by atoms with Gasteiger partial charge >= 0.3 is 18.0 Å². The first-order chi connectivity index (χ1) is 33.9. The molecular formula is C50H74N4O16S2. The molecule has 1 aromatic carbocycles. The van der Waals surface area contributed by atoms with Gasteiger partial charge in [0, 0.05) is 78.8 Å². The van der Waals surface area contributed by atoms with Gasteiger partial charge in [-0.2, -0.15) is 0 Å². The number of hydroxylamine groups is 2. The lowest BCUT2D eigenvalue weighted by Crippen LogP contribution is -2.63. The van der Waals surface area contributed by atoms with E-state index in [1.165, 1.54) is 80.7 Å². The minimum Gasteiger partial charge on any atom is -0.496 e. The summed E-state index contributed by atoms with van der Waals surface area (Å²) in [7, 11) is 11.9. The van der Waals surface area contributed by atoms with Crippen LogP contribution in [0.15, 0.2) is 35.9 Å². The number of anilines is 1. The average molecular weight is 1050 g/mol. The van der Waals surface area contributed by atoms with Gasteiger partial charge in [0.05, 0.1) is 42.8 Å². The molecule has 0 aliphatic carbocycles. The quantitative estimate of drug-likeness (QED) is 0.0704. The first-order valence-corrected chi connectivity index (χ1v) is 26.3. The van der Waals surface area contributed by atoms with Crippen molar-refractivity contribution in [3.05, 3.63) is 47.1 Å². The molecule has 0 radical (unpaired) electrons. The highest BCUT2D eigenvalue weighted by Gasteiger charge is 2.47. The Morgan fingerprint density at radius 1 is 1.01 bits per heavy atom. The number of allylic oxidation sites excluding steroid dienone is 3. The van der Waals surface area contributed by atoms with E-state index in [0.717, 1.165) is 11.1 Å². The smallest absolute Gasteiger partial charge is 0.409 e. The number of esters is 1. The van der Waals surface area contributed by atoms with E-state index in [9.17, 15) is 43.8 Å². The van der Waals surface area contributed by atoms with Crippen molar-refractivity contribution >= 4 is 68.9 Å². The number of amides is 5. The van der Waals surface area contributed by atoms with E-state index in [4.69, 9.17) is 33.3 Å². The molecule has 5 amide bonds. The lowest BCUT2D eigenvalue weighted by atomic mass is 9.83. The van der Waals surface area contributed by atoms with E-state index in [1.807, 2.05) is 32.1 Å².